The van der Waals surface area contributed by atoms with E-state index in [9.17, 15) is 0 Å². The van der Waals surface area contributed by atoms with Gasteiger partial charge < -0.3 is 6.15 Å². The fourth-order valence-electron chi connectivity index (χ4n) is 0. The lowest BCUT2D eigenvalue weighted by molar-refractivity contribution is -0.174. The minimum Gasteiger partial charge on any atom is -0.344 e. The Labute approximate surface area is 29.1 Å². The summed E-state index contributed by atoms with van der Waals surface area (Å²) in [6.07, 6.45) is 0.986. The maximum Gasteiger partial charge on any atom is 0.324 e. The largest absolute Gasteiger partial charge is 0.344 e. The monoisotopic (exact) mass is 76.0 g/mol. The summed E-state index contributed by atoms with van der Waals surface area (Å²) in [6, 6.07) is 0. The average molecular weight is 76.1 g/mol. The van der Waals surface area contributed by atoms with Gasteiger partial charge in [-0.2, -0.15) is 5.26 Å². The standard InChI is InChI=1S/CHNO2.H3N/c2-1-4-3;/h3H;1H3. The lowest BCUT2D eigenvalue weighted by Crippen LogP contribution is -1.58. The zero-order valence-electron chi connectivity index (χ0n) is 2.51. The molecule has 0 saturated carbocycles. The van der Waals surface area contributed by atoms with Crippen LogP contribution in [0.15, 0.2) is 0 Å². The number of hydrogen-bond donors (Lipinski definition) is 2. The van der Waals surface area contributed by atoms with Crippen molar-refractivity contribution in [2.24, 2.45) is 0 Å². The highest BCUT2D eigenvalue weighted by atomic mass is 17.1. The first-order valence-electron chi connectivity index (χ1n) is 0.610. The molecule has 0 fully saturated rings. The SMILES string of the molecule is N.N#COO. The average Bonchev–Trinajstić information content (AvgIpc) is 1.37. The third-order valence-electron chi connectivity index (χ3n) is 0.0408. The Bertz CT molecular complexity index is 37.4. The molecule has 0 unspecified atom stereocenters. The summed E-state index contributed by atoms with van der Waals surface area (Å²) in [5, 5.41) is 14.2. The molecule has 0 aliphatic rings. The van der Waals surface area contributed by atoms with Gasteiger partial charge in [0.1, 0.15) is 0 Å². The van der Waals surface area contributed by atoms with E-state index in [1.807, 2.05) is 0 Å². The molecular formula is CH4N2O2. The highest BCUT2D eigenvalue weighted by molar-refractivity contribution is 4.35. The number of nitriles is 1. The summed E-state index contributed by atoms with van der Waals surface area (Å²) in [7, 11) is 0. The van der Waals surface area contributed by atoms with Gasteiger partial charge in [0, 0.05) is 0 Å². The van der Waals surface area contributed by atoms with Gasteiger partial charge in [0.15, 0.2) is 0 Å². The summed E-state index contributed by atoms with van der Waals surface area (Å²) in [5.74, 6) is 0. The van der Waals surface area contributed by atoms with Crippen LogP contribution in [0.5, 0.6) is 0 Å². The van der Waals surface area contributed by atoms with Crippen LogP contribution in [-0.4, -0.2) is 5.26 Å². The van der Waals surface area contributed by atoms with E-state index in [4.69, 9.17) is 10.5 Å². The summed E-state index contributed by atoms with van der Waals surface area (Å²) in [6.45, 7) is 0. The van der Waals surface area contributed by atoms with Crippen LogP contribution in [0, 0.1) is 11.5 Å². The van der Waals surface area contributed by atoms with E-state index >= 15 is 0 Å². The zero-order chi connectivity index (χ0) is 3.41. The molecule has 4 N–H and O–H groups in total. The van der Waals surface area contributed by atoms with Gasteiger partial charge in [0.25, 0.3) is 0 Å². The Balaban J connectivity index is 0. The summed E-state index contributed by atoms with van der Waals surface area (Å²) in [5.41, 5.74) is 0. The van der Waals surface area contributed by atoms with Gasteiger partial charge in [0.2, 0.25) is 0 Å². The Hall–Kier alpha value is -0.790. The van der Waals surface area contributed by atoms with E-state index in [0.29, 0.717) is 0 Å². The van der Waals surface area contributed by atoms with E-state index in [1.54, 1.807) is 0 Å². The molecule has 0 aliphatic carbocycles. The molecule has 4 nitrogen and oxygen atoms in total. The molecule has 0 aromatic rings. The van der Waals surface area contributed by atoms with E-state index in [2.05, 4.69) is 4.89 Å². The Morgan fingerprint density at radius 1 is 1.80 bits per heavy atom. The normalized spacial score (nSPS) is 3.20. The zero-order valence-corrected chi connectivity index (χ0v) is 2.51. The fraction of sp³-hybridized carbons (Fsp3) is 0. The van der Waals surface area contributed by atoms with Crippen molar-refractivity contribution in [3.63, 3.8) is 0 Å². The van der Waals surface area contributed by atoms with Crippen molar-refractivity contribution in [2.75, 3.05) is 0 Å². The van der Waals surface area contributed by atoms with Gasteiger partial charge >= 0.3 is 6.26 Å². The molecule has 0 aliphatic heterocycles. The van der Waals surface area contributed by atoms with Crippen LogP contribution < -0.4 is 6.15 Å². The lowest BCUT2D eigenvalue weighted by atomic mass is 11.6. The third-order valence-corrected chi connectivity index (χ3v) is 0.0408. The molecular weight excluding hydrogens is 72.0 g/mol. The Morgan fingerprint density at radius 3 is 2.00 bits per heavy atom. The Morgan fingerprint density at radius 2 is 2.00 bits per heavy atom. The van der Waals surface area contributed by atoms with Crippen LogP contribution in [0.1, 0.15) is 0 Å². The van der Waals surface area contributed by atoms with Crippen molar-refractivity contribution >= 4 is 0 Å². The van der Waals surface area contributed by atoms with E-state index < -0.39 is 0 Å². The molecule has 0 atom stereocenters. The van der Waals surface area contributed by atoms with Crippen molar-refractivity contribution in [2.45, 2.75) is 0 Å². The van der Waals surface area contributed by atoms with E-state index in [1.165, 1.54) is 0 Å². The van der Waals surface area contributed by atoms with Crippen LogP contribution in [0.25, 0.3) is 0 Å². The molecule has 0 rings (SSSR count). The lowest BCUT2D eigenvalue weighted by Gasteiger charge is -1.58. The Kier molecular flexibility index (Phi) is 19.0. The highest BCUT2D eigenvalue weighted by Crippen LogP contribution is 1.40. The minimum atomic E-state index is 0. The molecule has 0 heterocycles. The van der Waals surface area contributed by atoms with Gasteiger partial charge in [-0.05, 0) is 0 Å². The molecule has 0 saturated heterocycles. The van der Waals surface area contributed by atoms with Gasteiger partial charge in [-0.25, -0.2) is 0 Å². The first-order valence-corrected chi connectivity index (χ1v) is 0.610. The third kappa shape index (κ3) is 107. The van der Waals surface area contributed by atoms with Crippen LogP contribution in [0.3, 0.4) is 0 Å². The first kappa shape index (κ1) is 8.88. The highest BCUT2D eigenvalue weighted by Gasteiger charge is 1.45. The van der Waals surface area contributed by atoms with Gasteiger partial charge in [-0.3, -0.25) is 4.89 Å². The number of hydrogen-bond acceptors (Lipinski definition) is 4. The predicted octanol–water partition coefficient (Wildman–Crippen LogP) is 0.119. The van der Waals surface area contributed by atoms with E-state index in [0.717, 1.165) is 6.26 Å². The van der Waals surface area contributed by atoms with Crippen LogP contribution in [0.4, 0.5) is 0 Å². The molecule has 4 heteroatoms. The number of rotatable bonds is 0. The quantitative estimate of drug-likeness (QED) is 0.243. The smallest absolute Gasteiger partial charge is 0.324 e. The van der Waals surface area contributed by atoms with Crippen molar-refractivity contribution in [1.82, 2.24) is 6.15 Å². The van der Waals surface area contributed by atoms with Crippen LogP contribution >= 0.6 is 0 Å². The second-order valence-electron chi connectivity index (χ2n) is 0.183. The molecule has 5 heavy (non-hydrogen) atoms. The van der Waals surface area contributed by atoms with Gasteiger partial charge in [0.05, 0.1) is 0 Å². The maximum absolute atomic E-state index is 7.15. The van der Waals surface area contributed by atoms with Gasteiger partial charge in [-0.1, -0.05) is 0 Å². The summed E-state index contributed by atoms with van der Waals surface area (Å²) in [4.78, 5) is 2.85. The van der Waals surface area contributed by atoms with Crippen LogP contribution in [-0.2, 0) is 4.89 Å². The molecule has 0 amide bonds. The van der Waals surface area contributed by atoms with E-state index in [-0.39, 0.29) is 6.15 Å². The minimum absolute atomic E-state index is 0. The second-order valence-corrected chi connectivity index (χ2v) is 0.183. The summed E-state index contributed by atoms with van der Waals surface area (Å²) < 4.78 is 0. The number of nitrogens with zero attached hydrogens (tertiary/aromatic N) is 1. The molecule has 0 aromatic carbocycles. The molecule has 0 bridgehead atoms. The van der Waals surface area contributed by atoms with Crippen molar-refractivity contribution in [1.29, 1.82) is 5.26 Å². The molecule has 0 radical (unpaired) electrons. The van der Waals surface area contributed by atoms with Crippen molar-refractivity contribution < 1.29 is 10.1 Å². The van der Waals surface area contributed by atoms with Gasteiger partial charge in [-0.15, -0.1) is 5.26 Å². The van der Waals surface area contributed by atoms with Crippen molar-refractivity contribution in [3.8, 4) is 6.26 Å². The predicted molar refractivity (Wildman–Crippen MR) is 14.3 cm³/mol. The van der Waals surface area contributed by atoms with Crippen LogP contribution in [0.2, 0.25) is 0 Å². The summed E-state index contributed by atoms with van der Waals surface area (Å²) >= 11 is 0. The molecule has 0 aromatic heterocycles. The van der Waals surface area contributed by atoms with Crippen molar-refractivity contribution in [3.05, 3.63) is 0 Å². The fourth-order valence-corrected chi connectivity index (χ4v) is 0. The molecule has 0 spiro atoms. The topological polar surface area (TPSA) is 88.2 Å². The first-order chi connectivity index (χ1) is 1.91. The second kappa shape index (κ2) is 10.7. The molecule has 30 valence electrons. The maximum atomic E-state index is 7.15.